The highest BCUT2D eigenvalue weighted by Crippen LogP contribution is 2.23. The zero-order chi connectivity index (χ0) is 20.1. The number of carbonyl (C=O) groups is 1. The number of amides is 1. The molecule has 1 amide bonds. The smallest absolute Gasteiger partial charge is 0.255 e. The van der Waals surface area contributed by atoms with Gasteiger partial charge in [0, 0.05) is 44.9 Å². The lowest BCUT2D eigenvalue weighted by Gasteiger charge is -2.27. The predicted molar refractivity (Wildman–Crippen MR) is 110 cm³/mol. The summed E-state index contributed by atoms with van der Waals surface area (Å²) in [7, 11) is 3.85. The number of carbonyl (C=O) groups excluding carboxylic acids is 1. The van der Waals surface area contributed by atoms with Crippen molar-refractivity contribution in [2.45, 2.75) is 19.8 Å². The summed E-state index contributed by atoms with van der Waals surface area (Å²) >= 11 is 0. The van der Waals surface area contributed by atoms with Gasteiger partial charge < -0.3 is 19.9 Å². The lowest BCUT2D eigenvalue weighted by atomic mass is 10.1. The Kier molecular flexibility index (Phi) is 6.30. The average Bonchev–Trinajstić information content (AvgIpc) is 2.68. The fourth-order valence-electron chi connectivity index (χ4n) is 3.24. The molecule has 0 bridgehead atoms. The molecule has 1 aliphatic heterocycles. The van der Waals surface area contributed by atoms with E-state index < -0.39 is 0 Å². The van der Waals surface area contributed by atoms with Gasteiger partial charge in [0.2, 0.25) is 11.9 Å². The molecular formula is C20H27N5O3. The Balaban J connectivity index is 1.66. The largest absolute Gasteiger partial charge is 0.378 e. The van der Waals surface area contributed by atoms with Gasteiger partial charge in [0.25, 0.3) is 5.56 Å². The fraction of sp³-hybridized carbons (Fsp3) is 0.450. The van der Waals surface area contributed by atoms with Crippen LogP contribution in [0, 0.1) is 6.92 Å². The van der Waals surface area contributed by atoms with Gasteiger partial charge in [-0.25, -0.2) is 4.98 Å². The summed E-state index contributed by atoms with van der Waals surface area (Å²) in [5, 5.41) is 2.93. The van der Waals surface area contributed by atoms with Crippen LogP contribution in [-0.2, 0) is 16.0 Å². The van der Waals surface area contributed by atoms with Gasteiger partial charge in [0.05, 0.1) is 24.6 Å². The summed E-state index contributed by atoms with van der Waals surface area (Å²) in [6, 6.07) is 7.62. The van der Waals surface area contributed by atoms with Crippen molar-refractivity contribution in [3.63, 3.8) is 0 Å². The van der Waals surface area contributed by atoms with Gasteiger partial charge in [-0.1, -0.05) is 12.1 Å². The van der Waals surface area contributed by atoms with Crippen molar-refractivity contribution < 1.29 is 9.53 Å². The standard InChI is InChI=1S/C20H27N5O3/c1-14-15(19(27)23-20(21-14)25-10-12-28-13-11-25)8-9-18(26)22-16-6-4-5-7-17(16)24(2)3/h4-7H,8-13H2,1-3H3,(H,22,26)(H,21,23,27). The molecule has 2 aromatic rings. The predicted octanol–water partition coefficient (Wildman–Crippen LogP) is 1.55. The molecule has 1 aliphatic rings. The number of aromatic amines is 1. The number of rotatable bonds is 6. The maximum absolute atomic E-state index is 12.5. The highest BCUT2D eigenvalue weighted by molar-refractivity contribution is 5.94. The summed E-state index contributed by atoms with van der Waals surface area (Å²) < 4.78 is 5.33. The van der Waals surface area contributed by atoms with Crippen molar-refractivity contribution in [2.24, 2.45) is 0 Å². The molecule has 0 aliphatic carbocycles. The molecule has 1 aromatic heterocycles. The van der Waals surface area contributed by atoms with E-state index in [0.29, 0.717) is 49.9 Å². The van der Waals surface area contributed by atoms with Crippen molar-refractivity contribution in [1.29, 1.82) is 0 Å². The second-order valence-corrected chi connectivity index (χ2v) is 7.01. The Hall–Kier alpha value is -2.87. The first kappa shape index (κ1) is 19.9. The first-order valence-electron chi connectivity index (χ1n) is 9.44. The van der Waals surface area contributed by atoms with Crippen LogP contribution >= 0.6 is 0 Å². The van der Waals surface area contributed by atoms with Gasteiger partial charge in [-0.15, -0.1) is 0 Å². The molecule has 1 aromatic carbocycles. The van der Waals surface area contributed by atoms with Crippen LogP contribution in [0.3, 0.4) is 0 Å². The molecule has 150 valence electrons. The summed E-state index contributed by atoms with van der Waals surface area (Å²) in [5.41, 5.74) is 2.71. The highest BCUT2D eigenvalue weighted by Gasteiger charge is 2.17. The minimum atomic E-state index is -0.185. The summed E-state index contributed by atoms with van der Waals surface area (Å²) in [4.78, 5) is 36.3. The normalized spacial score (nSPS) is 14.0. The topological polar surface area (TPSA) is 90.6 Å². The van der Waals surface area contributed by atoms with E-state index in [1.807, 2.05) is 55.1 Å². The second kappa shape index (κ2) is 8.88. The zero-order valence-corrected chi connectivity index (χ0v) is 16.6. The number of anilines is 3. The number of benzene rings is 1. The third-order valence-electron chi connectivity index (χ3n) is 4.78. The van der Waals surface area contributed by atoms with Crippen molar-refractivity contribution in [3.05, 3.63) is 45.9 Å². The van der Waals surface area contributed by atoms with Crippen LogP contribution in [0.1, 0.15) is 17.7 Å². The molecule has 3 rings (SSSR count). The van der Waals surface area contributed by atoms with Crippen LogP contribution in [0.25, 0.3) is 0 Å². The fourth-order valence-corrected chi connectivity index (χ4v) is 3.24. The Morgan fingerprint density at radius 3 is 2.68 bits per heavy atom. The molecule has 0 radical (unpaired) electrons. The van der Waals surface area contributed by atoms with E-state index in [1.165, 1.54) is 0 Å². The Morgan fingerprint density at radius 1 is 1.29 bits per heavy atom. The number of hydrogen-bond donors (Lipinski definition) is 2. The Bertz CT molecular complexity index is 888. The molecular weight excluding hydrogens is 358 g/mol. The number of nitrogens with one attached hydrogen (secondary N) is 2. The van der Waals surface area contributed by atoms with Crippen molar-refractivity contribution in [1.82, 2.24) is 9.97 Å². The number of para-hydroxylation sites is 2. The van der Waals surface area contributed by atoms with Gasteiger partial charge in [-0.2, -0.15) is 0 Å². The van der Waals surface area contributed by atoms with Crippen molar-refractivity contribution in [3.8, 4) is 0 Å². The molecule has 1 fully saturated rings. The van der Waals surface area contributed by atoms with Crippen LogP contribution in [0.15, 0.2) is 29.1 Å². The first-order chi connectivity index (χ1) is 13.5. The average molecular weight is 385 g/mol. The molecule has 8 nitrogen and oxygen atoms in total. The number of morpholine rings is 1. The number of nitrogens with zero attached hydrogens (tertiary/aromatic N) is 3. The minimum Gasteiger partial charge on any atom is -0.378 e. The van der Waals surface area contributed by atoms with E-state index in [2.05, 4.69) is 15.3 Å². The van der Waals surface area contributed by atoms with Gasteiger partial charge in [0.1, 0.15) is 0 Å². The zero-order valence-electron chi connectivity index (χ0n) is 16.6. The van der Waals surface area contributed by atoms with Crippen molar-refractivity contribution >= 4 is 23.2 Å². The maximum atomic E-state index is 12.5. The summed E-state index contributed by atoms with van der Waals surface area (Å²) in [6.45, 7) is 4.47. The van der Waals surface area contributed by atoms with Crippen LogP contribution in [0.5, 0.6) is 0 Å². The number of aryl methyl sites for hydroxylation is 1. The van der Waals surface area contributed by atoms with Crippen LogP contribution < -0.4 is 20.7 Å². The molecule has 2 N–H and O–H groups in total. The van der Waals surface area contributed by atoms with Gasteiger partial charge in [-0.05, 0) is 25.5 Å². The monoisotopic (exact) mass is 385 g/mol. The van der Waals surface area contributed by atoms with Gasteiger partial charge in [0.15, 0.2) is 0 Å². The molecule has 2 heterocycles. The van der Waals surface area contributed by atoms with Crippen molar-refractivity contribution in [2.75, 3.05) is 55.5 Å². The highest BCUT2D eigenvalue weighted by atomic mass is 16.5. The molecule has 1 saturated heterocycles. The quantitative estimate of drug-likeness (QED) is 0.784. The van der Waals surface area contributed by atoms with E-state index in [4.69, 9.17) is 4.74 Å². The van der Waals surface area contributed by atoms with E-state index in [-0.39, 0.29) is 17.9 Å². The number of H-pyrrole nitrogens is 1. The van der Waals surface area contributed by atoms with E-state index in [1.54, 1.807) is 0 Å². The van der Waals surface area contributed by atoms with Gasteiger partial charge >= 0.3 is 0 Å². The maximum Gasteiger partial charge on any atom is 0.255 e. The second-order valence-electron chi connectivity index (χ2n) is 7.01. The molecule has 28 heavy (non-hydrogen) atoms. The molecule has 0 unspecified atom stereocenters. The SMILES string of the molecule is Cc1nc(N2CCOCC2)[nH]c(=O)c1CCC(=O)Nc1ccccc1N(C)C. The molecule has 8 heteroatoms. The third kappa shape index (κ3) is 4.69. The number of hydrogen-bond acceptors (Lipinski definition) is 6. The Labute approximate surface area is 164 Å². The van der Waals surface area contributed by atoms with Crippen LogP contribution in [0.4, 0.5) is 17.3 Å². The van der Waals surface area contributed by atoms with E-state index in [9.17, 15) is 9.59 Å². The lowest BCUT2D eigenvalue weighted by molar-refractivity contribution is -0.116. The summed E-state index contributed by atoms with van der Waals surface area (Å²) in [5.74, 6) is 0.435. The summed E-state index contributed by atoms with van der Waals surface area (Å²) in [6.07, 6.45) is 0.553. The first-order valence-corrected chi connectivity index (χ1v) is 9.44. The van der Waals surface area contributed by atoms with Gasteiger partial charge in [-0.3, -0.25) is 14.6 Å². The van der Waals surface area contributed by atoms with Crippen LogP contribution in [-0.4, -0.2) is 56.3 Å². The number of ether oxygens (including phenoxy) is 1. The molecule has 0 spiro atoms. The van der Waals surface area contributed by atoms with E-state index in [0.717, 1.165) is 11.4 Å². The number of aromatic nitrogens is 2. The minimum absolute atomic E-state index is 0.134. The molecule has 0 saturated carbocycles. The Morgan fingerprint density at radius 2 is 2.00 bits per heavy atom. The molecule has 0 atom stereocenters. The van der Waals surface area contributed by atoms with E-state index >= 15 is 0 Å². The lowest BCUT2D eigenvalue weighted by Crippen LogP contribution is -2.38. The van der Waals surface area contributed by atoms with Crippen LogP contribution in [0.2, 0.25) is 0 Å². The third-order valence-corrected chi connectivity index (χ3v) is 4.78.